The molecular weight excluding hydrogens is 328 g/mol. The van der Waals surface area contributed by atoms with Crippen LogP contribution in [0.4, 0.5) is 11.4 Å². The number of anilines is 2. The number of carbonyl (C=O) groups is 1. The van der Waals surface area contributed by atoms with E-state index in [1.807, 2.05) is 48.5 Å². The van der Waals surface area contributed by atoms with Crippen molar-refractivity contribution >= 4 is 17.3 Å². The number of carbonyl (C=O) groups excluding carboxylic acids is 1. The topological polar surface area (TPSA) is 61.8 Å². The van der Waals surface area contributed by atoms with Gasteiger partial charge in [0.25, 0.3) is 5.91 Å². The van der Waals surface area contributed by atoms with Crippen LogP contribution in [0.15, 0.2) is 84.9 Å². The fourth-order valence-corrected chi connectivity index (χ4v) is 2.65. The van der Waals surface area contributed by atoms with E-state index < -0.39 is 6.04 Å². The summed E-state index contributed by atoms with van der Waals surface area (Å²) in [6.07, 6.45) is 0. The van der Waals surface area contributed by atoms with Crippen molar-refractivity contribution in [3.8, 4) is 5.75 Å². The highest BCUT2D eigenvalue weighted by atomic mass is 16.5. The predicted octanol–water partition coefficient (Wildman–Crippen LogP) is 4.27. The smallest absolute Gasteiger partial charge is 0.254 e. The zero-order valence-electron chi connectivity index (χ0n) is 14.4. The highest BCUT2D eigenvalue weighted by Crippen LogP contribution is 2.27. The molecule has 0 aliphatic heterocycles. The molecule has 0 heterocycles. The van der Waals surface area contributed by atoms with Crippen molar-refractivity contribution in [1.29, 1.82) is 0 Å². The third-order valence-electron chi connectivity index (χ3n) is 3.99. The lowest BCUT2D eigenvalue weighted by atomic mass is 10.0. The third kappa shape index (κ3) is 4.02. The Bertz CT molecular complexity index is 836. The molecule has 1 unspecified atom stereocenters. The molecule has 1 amide bonds. The summed E-state index contributed by atoms with van der Waals surface area (Å²) < 4.78 is 5.13. The van der Waals surface area contributed by atoms with Crippen molar-refractivity contribution in [3.63, 3.8) is 0 Å². The Balaban J connectivity index is 1.88. The number of hydrogen-bond donors (Lipinski definition) is 2. The first-order chi connectivity index (χ1) is 12.7. The van der Waals surface area contributed by atoms with Gasteiger partial charge in [-0.25, -0.2) is 5.06 Å². The van der Waals surface area contributed by atoms with Gasteiger partial charge in [-0.3, -0.25) is 10.0 Å². The molecule has 0 saturated heterocycles. The molecule has 0 saturated carbocycles. The SMILES string of the molecule is COc1ccc(NC(=O)C(c2ccccc2)N(O)c2ccccc2)cc1. The molecule has 0 aromatic heterocycles. The van der Waals surface area contributed by atoms with Crippen LogP contribution in [0.25, 0.3) is 0 Å². The lowest BCUT2D eigenvalue weighted by Crippen LogP contribution is -2.35. The predicted molar refractivity (Wildman–Crippen MR) is 102 cm³/mol. The van der Waals surface area contributed by atoms with Gasteiger partial charge in [0.1, 0.15) is 5.75 Å². The van der Waals surface area contributed by atoms with Crippen molar-refractivity contribution in [2.24, 2.45) is 0 Å². The maximum Gasteiger partial charge on any atom is 0.254 e. The molecule has 3 aromatic rings. The Morgan fingerprint density at radius 1 is 0.923 bits per heavy atom. The van der Waals surface area contributed by atoms with Gasteiger partial charge in [-0.05, 0) is 42.0 Å². The second-order valence-electron chi connectivity index (χ2n) is 5.71. The van der Waals surface area contributed by atoms with E-state index in [4.69, 9.17) is 4.74 Å². The first-order valence-electron chi connectivity index (χ1n) is 8.22. The van der Waals surface area contributed by atoms with Crippen LogP contribution in [0.2, 0.25) is 0 Å². The molecule has 1 atom stereocenters. The van der Waals surface area contributed by atoms with Gasteiger partial charge in [0.05, 0.1) is 12.8 Å². The highest BCUT2D eigenvalue weighted by Gasteiger charge is 2.27. The molecule has 0 aliphatic rings. The molecule has 0 fully saturated rings. The van der Waals surface area contributed by atoms with Crippen LogP contribution < -0.4 is 15.1 Å². The van der Waals surface area contributed by atoms with Crippen LogP contribution in [0, 0.1) is 0 Å². The van der Waals surface area contributed by atoms with E-state index in [2.05, 4.69) is 5.32 Å². The molecule has 0 aliphatic carbocycles. The minimum atomic E-state index is -0.888. The lowest BCUT2D eigenvalue weighted by Gasteiger charge is -2.27. The Kier molecular flexibility index (Phi) is 5.51. The Morgan fingerprint density at radius 2 is 1.50 bits per heavy atom. The van der Waals surface area contributed by atoms with Crippen molar-refractivity contribution in [3.05, 3.63) is 90.5 Å². The number of amides is 1. The van der Waals surface area contributed by atoms with E-state index >= 15 is 0 Å². The first kappa shape index (κ1) is 17.5. The molecule has 0 spiro atoms. The largest absolute Gasteiger partial charge is 0.497 e. The van der Waals surface area contributed by atoms with Crippen LogP contribution in [0.3, 0.4) is 0 Å². The van der Waals surface area contributed by atoms with Crippen molar-refractivity contribution in [1.82, 2.24) is 0 Å². The van der Waals surface area contributed by atoms with E-state index in [9.17, 15) is 10.0 Å². The van der Waals surface area contributed by atoms with Crippen molar-refractivity contribution in [2.45, 2.75) is 6.04 Å². The summed E-state index contributed by atoms with van der Waals surface area (Å²) in [5.41, 5.74) is 1.84. The summed E-state index contributed by atoms with van der Waals surface area (Å²) in [5, 5.41) is 14.5. The van der Waals surface area contributed by atoms with Crippen LogP contribution in [-0.2, 0) is 4.79 Å². The molecule has 0 radical (unpaired) electrons. The summed E-state index contributed by atoms with van der Waals surface area (Å²) in [5.74, 6) is 0.364. The second kappa shape index (κ2) is 8.18. The Morgan fingerprint density at radius 3 is 2.08 bits per heavy atom. The van der Waals surface area contributed by atoms with Crippen molar-refractivity contribution in [2.75, 3.05) is 17.5 Å². The minimum absolute atomic E-state index is 0.340. The number of nitrogens with zero attached hydrogens (tertiary/aromatic N) is 1. The van der Waals surface area contributed by atoms with Gasteiger partial charge in [-0.15, -0.1) is 0 Å². The van der Waals surface area contributed by atoms with E-state index in [1.165, 1.54) is 0 Å². The fraction of sp³-hybridized carbons (Fsp3) is 0.0952. The van der Waals surface area contributed by atoms with Crippen LogP contribution >= 0.6 is 0 Å². The second-order valence-corrected chi connectivity index (χ2v) is 5.71. The standard InChI is InChI=1S/C21H20N2O3/c1-26-19-14-12-17(13-15-19)22-21(24)20(16-8-4-2-5-9-16)23(25)18-10-6-3-7-11-18/h2-15,20,25H,1H3,(H,22,24). The number of rotatable bonds is 6. The van der Waals surface area contributed by atoms with Gasteiger partial charge in [-0.2, -0.15) is 0 Å². The van der Waals surface area contributed by atoms with Gasteiger partial charge in [-0.1, -0.05) is 48.5 Å². The highest BCUT2D eigenvalue weighted by molar-refractivity contribution is 5.97. The van der Waals surface area contributed by atoms with E-state index in [0.717, 1.165) is 5.06 Å². The lowest BCUT2D eigenvalue weighted by molar-refractivity contribution is -0.118. The molecule has 132 valence electrons. The molecule has 5 heteroatoms. The normalized spacial score (nSPS) is 11.5. The van der Waals surface area contributed by atoms with Gasteiger partial charge < -0.3 is 10.1 Å². The summed E-state index contributed by atoms with van der Waals surface area (Å²) >= 11 is 0. The zero-order chi connectivity index (χ0) is 18.4. The number of benzene rings is 3. The number of ether oxygens (including phenoxy) is 1. The first-order valence-corrected chi connectivity index (χ1v) is 8.22. The van der Waals surface area contributed by atoms with Gasteiger partial charge in [0, 0.05) is 5.69 Å². The summed E-state index contributed by atoms with van der Waals surface area (Å²) in [6, 6.07) is 24.3. The number of methoxy groups -OCH3 is 1. The average molecular weight is 348 g/mol. The maximum absolute atomic E-state index is 12.9. The van der Waals surface area contributed by atoms with Gasteiger partial charge in [0.15, 0.2) is 6.04 Å². The molecule has 3 aromatic carbocycles. The minimum Gasteiger partial charge on any atom is -0.497 e. The summed E-state index contributed by atoms with van der Waals surface area (Å²) in [4.78, 5) is 12.9. The monoisotopic (exact) mass is 348 g/mol. The Labute approximate surface area is 152 Å². The van der Waals surface area contributed by atoms with Crippen molar-refractivity contribution < 1.29 is 14.7 Å². The van der Waals surface area contributed by atoms with E-state index in [-0.39, 0.29) is 5.91 Å². The Hall–Kier alpha value is -3.31. The quantitative estimate of drug-likeness (QED) is 0.653. The number of nitrogens with one attached hydrogen (secondary N) is 1. The number of hydrogen-bond acceptors (Lipinski definition) is 4. The fourth-order valence-electron chi connectivity index (χ4n) is 2.65. The maximum atomic E-state index is 12.9. The zero-order valence-corrected chi connectivity index (χ0v) is 14.4. The van der Waals surface area contributed by atoms with E-state index in [0.29, 0.717) is 22.7 Å². The van der Waals surface area contributed by atoms with Crippen LogP contribution in [-0.4, -0.2) is 18.2 Å². The molecule has 26 heavy (non-hydrogen) atoms. The molecule has 5 nitrogen and oxygen atoms in total. The number of hydroxylamine groups is 1. The molecule has 2 N–H and O–H groups in total. The van der Waals surface area contributed by atoms with E-state index in [1.54, 1.807) is 43.5 Å². The molecular formula is C21H20N2O3. The molecule has 0 bridgehead atoms. The number of para-hydroxylation sites is 1. The van der Waals surface area contributed by atoms with Crippen LogP contribution in [0.5, 0.6) is 5.75 Å². The third-order valence-corrected chi connectivity index (χ3v) is 3.99. The summed E-state index contributed by atoms with van der Waals surface area (Å²) in [7, 11) is 1.59. The molecule has 3 rings (SSSR count). The average Bonchev–Trinajstić information content (AvgIpc) is 2.70. The van der Waals surface area contributed by atoms with Crippen LogP contribution in [0.1, 0.15) is 11.6 Å². The van der Waals surface area contributed by atoms with Gasteiger partial charge in [0.2, 0.25) is 0 Å². The summed E-state index contributed by atoms with van der Waals surface area (Å²) in [6.45, 7) is 0. The van der Waals surface area contributed by atoms with Gasteiger partial charge >= 0.3 is 0 Å².